The van der Waals surface area contributed by atoms with Crippen molar-refractivity contribution in [2.75, 3.05) is 18.6 Å². The van der Waals surface area contributed by atoms with E-state index in [1.165, 1.54) is 24.3 Å². The molecule has 0 N–H and O–H groups in total. The number of urea groups is 1. The highest BCUT2D eigenvalue weighted by molar-refractivity contribution is 6.07. The normalized spacial score (nSPS) is 18.9. The zero-order valence-electron chi connectivity index (χ0n) is 19.8. The number of alkyl halides is 3. The molecule has 1 heterocycles. The fraction of sp³-hybridized carbons (Fsp3) is 0.308. The number of anilines is 1. The molecule has 188 valence electrons. The van der Waals surface area contributed by atoms with Crippen LogP contribution < -0.4 is 4.90 Å². The molecule has 0 saturated heterocycles. The summed E-state index contributed by atoms with van der Waals surface area (Å²) in [5, 5.41) is 9.19. The number of carbonyl (C=O) groups excluding carboxylic acids is 3. The van der Waals surface area contributed by atoms with Crippen LogP contribution in [0.25, 0.3) is 0 Å². The van der Waals surface area contributed by atoms with Gasteiger partial charge in [0.05, 0.1) is 30.5 Å². The van der Waals surface area contributed by atoms with E-state index in [1.54, 1.807) is 13.0 Å². The van der Waals surface area contributed by atoms with E-state index >= 15 is 0 Å². The standard InChI is InChI=1S/C26H24F3N3O4/c1-4-17(14-30)12-11-16(2)24-23-20(9-6-10-21(23)33)32(25(35)31(24)15-22(34)36-3)19-8-5-7-18(13-19)26(27,28)29/h4-5,7-8,11-13,24H,2,6,9-10,15H2,1,3H3/b12-11-,17-4+/t24-/m1/s1. The van der Waals surface area contributed by atoms with Gasteiger partial charge in [0, 0.05) is 23.3 Å². The van der Waals surface area contributed by atoms with Crippen molar-refractivity contribution in [3.63, 3.8) is 0 Å². The second kappa shape index (κ2) is 10.6. The number of methoxy groups -OCH3 is 1. The lowest BCUT2D eigenvalue weighted by Gasteiger charge is -2.45. The topological polar surface area (TPSA) is 90.7 Å². The Morgan fingerprint density at radius 2 is 2.00 bits per heavy atom. The molecule has 36 heavy (non-hydrogen) atoms. The number of ketones is 1. The fourth-order valence-corrected chi connectivity index (χ4v) is 4.22. The van der Waals surface area contributed by atoms with Crippen LogP contribution in [0.2, 0.25) is 0 Å². The number of hydrogen-bond acceptors (Lipinski definition) is 5. The summed E-state index contributed by atoms with van der Waals surface area (Å²) >= 11 is 0. The van der Waals surface area contributed by atoms with Crippen LogP contribution in [0.4, 0.5) is 23.7 Å². The minimum Gasteiger partial charge on any atom is -0.468 e. The van der Waals surface area contributed by atoms with Crippen LogP contribution in [-0.2, 0) is 20.5 Å². The summed E-state index contributed by atoms with van der Waals surface area (Å²) in [4.78, 5) is 41.3. The van der Waals surface area contributed by atoms with Gasteiger partial charge in [0.15, 0.2) is 5.78 Å². The van der Waals surface area contributed by atoms with Gasteiger partial charge in [0.2, 0.25) is 0 Å². The van der Waals surface area contributed by atoms with Crippen molar-refractivity contribution in [2.24, 2.45) is 0 Å². The number of amides is 2. The molecular formula is C26H24F3N3O4. The number of hydrogen-bond donors (Lipinski definition) is 0. The van der Waals surface area contributed by atoms with Crippen LogP contribution in [0.5, 0.6) is 0 Å². The molecule has 1 aliphatic carbocycles. The van der Waals surface area contributed by atoms with Gasteiger partial charge in [-0.1, -0.05) is 24.8 Å². The number of esters is 1. The van der Waals surface area contributed by atoms with Gasteiger partial charge in [-0.3, -0.25) is 14.5 Å². The largest absolute Gasteiger partial charge is 0.468 e. The molecule has 1 aromatic carbocycles. The summed E-state index contributed by atoms with van der Waals surface area (Å²) in [5.74, 6) is -1.09. The summed E-state index contributed by atoms with van der Waals surface area (Å²) in [6.45, 7) is 5.08. The number of Topliss-reactive ketones (excluding diaryl/α,β-unsaturated/α-hetero) is 1. The molecule has 0 unspecified atom stereocenters. The van der Waals surface area contributed by atoms with E-state index in [2.05, 4.69) is 6.58 Å². The zero-order valence-corrected chi connectivity index (χ0v) is 19.8. The molecule has 1 aromatic rings. The van der Waals surface area contributed by atoms with Gasteiger partial charge in [0.1, 0.15) is 6.54 Å². The van der Waals surface area contributed by atoms with Crippen LogP contribution in [0.3, 0.4) is 0 Å². The molecule has 1 aliphatic heterocycles. The minimum absolute atomic E-state index is 0.0767. The number of nitrogens with zero attached hydrogens (tertiary/aromatic N) is 3. The van der Waals surface area contributed by atoms with E-state index in [1.807, 2.05) is 6.07 Å². The monoisotopic (exact) mass is 499 g/mol. The SMILES string of the molecule is C=C(/C=C\C(C#N)=C/C)[C@@H]1C2=C(CCCC2=O)N(c2cccc(C(F)(F)F)c2)C(=O)N1CC(=O)OC. The van der Waals surface area contributed by atoms with Crippen molar-refractivity contribution in [3.8, 4) is 6.07 Å². The molecule has 1 atom stereocenters. The predicted octanol–water partition coefficient (Wildman–Crippen LogP) is 5.08. The van der Waals surface area contributed by atoms with Gasteiger partial charge in [-0.05, 0) is 49.6 Å². The van der Waals surface area contributed by atoms with Crippen molar-refractivity contribution in [2.45, 2.75) is 38.4 Å². The van der Waals surface area contributed by atoms with Crippen molar-refractivity contribution in [3.05, 3.63) is 77.1 Å². The lowest BCUT2D eigenvalue weighted by molar-refractivity contribution is -0.141. The number of carbonyl (C=O) groups is 3. The first kappa shape index (κ1) is 26.5. The van der Waals surface area contributed by atoms with Crippen molar-refractivity contribution >= 4 is 23.5 Å². The van der Waals surface area contributed by atoms with Crippen molar-refractivity contribution in [1.82, 2.24) is 4.90 Å². The molecule has 7 nitrogen and oxygen atoms in total. The molecule has 0 fully saturated rings. The molecule has 2 aliphatic rings. The van der Waals surface area contributed by atoms with Crippen LogP contribution in [-0.4, -0.2) is 42.4 Å². The van der Waals surface area contributed by atoms with Gasteiger partial charge in [-0.15, -0.1) is 0 Å². The summed E-state index contributed by atoms with van der Waals surface area (Å²) < 4.78 is 45.0. The average Bonchev–Trinajstić information content (AvgIpc) is 2.84. The summed E-state index contributed by atoms with van der Waals surface area (Å²) in [7, 11) is 1.13. The van der Waals surface area contributed by atoms with Gasteiger partial charge in [0.25, 0.3) is 0 Å². The third kappa shape index (κ3) is 5.25. The van der Waals surface area contributed by atoms with Crippen LogP contribution in [0.1, 0.15) is 31.7 Å². The summed E-state index contributed by atoms with van der Waals surface area (Å²) in [6, 6.07) is 4.36. The predicted molar refractivity (Wildman–Crippen MR) is 125 cm³/mol. The number of rotatable bonds is 6. The molecule has 2 amide bonds. The Kier molecular flexibility index (Phi) is 7.83. The smallest absolute Gasteiger partial charge is 0.416 e. The van der Waals surface area contributed by atoms with Crippen molar-refractivity contribution < 1.29 is 32.3 Å². The van der Waals surface area contributed by atoms with E-state index < -0.39 is 36.3 Å². The van der Waals surface area contributed by atoms with Gasteiger partial charge < -0.3 is 9.64 Å². The molecule has 0 spiro atoms. The highest BCUT2D eigenvalue weighted by Gasteiger charge is 2.45. The number of allylic oxidation sites excluding steroid dienone is 4. The van der Waals surface area contributed by atoms with Crippen molar-refractivity contribution in [1.29, 1.82) is 5.26 Å². The summed E-state index contributed by atoms with van der Waals surface area (Å²) in [6.07, 6.45) is 0.704. The minimum atomic E-state index is -4.65. The molecule has 3 rings (SSSR count). The fourth-order valence-electron chi connectivity index (χ4n) is 4.22. The quantitative estimate of drug-likeness (QED) is 0.309. The Morgan fingerprint density at radius 3 is 2.61 bits per heavy atom. The van der Waals surface area contributed by atoms with Gasteiger partial charge >= 0.3 is 18.2 Å². The van der Waals surface area contributed by atoms with Crippen LogP contribution in [0, 0.1) is 11.3 Å². The third-order valence-corrected chi connectivity index (χ3v) is 5.95. The molecule has 10 heteroatoms. The Hall–Kier alpha value is -4.13. The van der Waals surface area contributed by atoms with Crippen LogP contribution >= 0.6 is 0 Å². The number of ether oxygens (including phenoxy) is 1. The molecule has 0 saturated carbocycles. The molecule has 0 radical (unpaired) electrons. The molecule has 0 bridgehead atoms. The first-order chi connectivity index (χ1) is 17.0. The number of benzene rings is 1. The average molecular weight is 499 g/mol. The Labute approximate surface area is 206 Å². The maximum absolute atomic E-state index is 13.8. The molecular weight excluding hydrogens is 475 g/mol. The van der Waals surface area contributed by atoms with Gasteiger partial charge in [-0.2, -0.15) is 18.4 Å². The third-order valence-electron chi connectivity index (χ3n) is 5.95. The number of halogens is 3. The molecule has 0 aromatic heterocycles. The Bertz CT molecular complexity index is 1240. The lowest BCUT2D eigenvalue weighted by Crippen LogP contribution is -2.57. The lowest BCUT2D eigenvalue weighted by atomic mass is 9.83. The first-order valence-corrected chi connectivity index (χ1v) is 11.1. The maximum Gasteiger partial charge on any atom is 0.416 e. The second-order valence-electron chi connectivity index (χ2n) is 8.17. The van der Waals surface area contributed by atoms with E-state index in [-0.39, 0.29) is 41.2 Å². The highest BCUT2D eigenvalue weighted by Crippen LogP contribution is 2.41. The first-order valence-electron chi connectivity index (χ1n) is 11.1. The number of nitriles is 1. The van der Waals surface area contributed by atoms with E-state index in [0.717, 1.165) is 29.0 Å². The summed E-state index contributed by atoms with van der Waals surface area (Å²) in [5.41, 5.74) is -0.0203. The van der Waals surface area contributed by atoms with E-state index in [4.69, 9.17) is 4.74 Å². The zero-order chi connectivity index (χ0) is 26.6. The van der Waals surface area contributed by atoms with Gasteiger partial charge in [-0.25, -0.2) is 4.79 Å². The van der Waals surface area contributed by atoms with E-state index in [0.29, 0.717) is 12.0 Å². The Morgan fingerprint density at radius 1 is 1.28 bits per heavy atom. The second-order valence-corrected chi connectivity index (χ2v) is 8.17. The van der Waals surface area contributed by atoms with Crippen LogP contribution in [0.15, 0.2) is 71.5 Å². The van der Waals surface area contributed by atoms with E-state index in [9.17, 15) is 32.8 Å². The Balaban J connectivity index is 2.22. The maximum atomic E-state index is 13.8. The highest BCUT2D eigenvalue weighted by atomic mass is 19.4.